The molecule has 1 saturated carbocycles. The molecular weight excluding hydrogens is 255 g/mol. The van der Waals surface area contributed by atoms with E-state index in [1.807, 2.05) is 13.0 Å². The Morgan fingerprint density at radius 1 is 1.37 bits per heavy atom. The van der Waals surface area contributed by atoms with E-state index in [1.54, 1.807) is 12.3 Å². The summed E-state index contributed by atoms with van der Waals surface area (Å²) in [6.45, 7) is 1.95. The van der Waals surface area contributed by atoms with Crippen molar-refractivity contribution in [1.82, 2.24) is 5.32 Å². The SMILES string of the molecule is CCC(NC1CCCCC1C(F)(F)F)c1ccco1. The predicted molar refractivity (Wildman–Crippen MR) is 66.7 cm³/mol. The van der Waals surface area contributed by atoms with Gasteiger partial charge in [-0.2, -0.15) is 13.2 Å². The largest absolute Gasteiger partial charge is 0.468 e. The van der Waals surface area contributed by atoms with Crippen LogP contribution in [-0.2, 0) is 0 Å². The van der Waals surface area contributed by atoms with Gasteiger partial charge in [0.25, 0.3) is 0 Å². The molecule has 2 nitrogen and oxygen atoms in total. The normalized spacial score (nSPS) is 26.3. The predicted octanol–water partition coefficient (Wildman–Crippen LogP) is 4.44. The second kappa shape index (κ2) is 5.99. The second-order valence-corrected chi connectivity index (χ2v) is 5.18. The Balaban J connectivity index is 2.06. The Hall–Kier alpha value is -0.970. The number of furan rings is 1. The van der Waals surface area contributed by atoms with Gasteiger partial charge in [-0.15, -0.1) is 0 Å². The molecule has 1 aromatic heterocycles. The van der Waals surface area contributed by atoms with E-state index in [0.29, 0.717) is 25.0 Å². The number of hydrogen-bond acceptors (Lipinski definition) is 2. The first-order valence-corrected chi connectivity index (χ1v) is 6.88. The number of nitrogens with one attached hydrogen (secondary N) is 1. The Morgan fingerprint density at radius 2 is 2.11 bits per heavy atom. The van der Waals surface area contributed by atoms with Crippen LogP contribution in [0.15, 0.2) is 22.8 Å². The average molecular weight is 275 g/mol. The molecule has 0 amide bonds. The highest BCUT2D eigenvalue weighted by atomic mass is 19.4. The molecule has 0 saturated heterocycles. The molecule has 0 aromatic carbocycles. The van der Waals surface area contributed by atoms with Gasteiger partial charge in [-0.05, 0) is 31.4 Å². The maximum absolute atomic E-state index is 13.0. The molecule has 1 heterocycles. The summed E-state index contributed by atoms with van der Waals surface area (Å²) in [5.41, 5.74) is 0. The highest BCUT2D eigenvalue weighted by Crippen LogP contribution is 2.38. The summed E-state index contributed by atoms with van der Waals surface area (Å²) in [5, 5.41) is 3.15. The van der Waals surface area contributed by atoms with Crippen molar-refractivity contribution in [3.8, 4) is 0 Å². The smallest absolute Gasteiger partial charge is 0.393 e. The van der Waals surface area contributed by atoms with Crippen LogP contribution in [0.1, 0.15) is 50.8 Å². The van der Waals surface area contributed by atoms with E-state index in [2.05, 4.69) is 5.32 Å². The van der Waals surface area contributed by atoms with Gasteiger partial charge in [0, 0.05) is 6.04 Å². The van der Waals surface area contributed by atoms with E-state index >= 15 is 0 Å². The Kier molecular flexibility index (Phi) is 4.55. The van der Waals surface area contributed by atoms with E-state index in [1.165, 1.54) is 0 Å². The molecule has 3 unspecified atom stereocenters. The zero-order valence-electron chi connectivity index (χ0n) is 11.0. The van der Waals surface area contributed by atoms with Gasteiger partial charge < -0.3 is 9.73 Å². The summed E-state index contributed by atoms with van der Waals surface area (Å²) in [6, 6.07) is 2.95. The monoisotopic (exact) mass is 275 g/mol. The highest BCUT2D eigenvalue weighted by Gasteiger charge is 2.45. The van der Waals surface area contributed by atoms with Gasteiger partial charge in [-0.1, -0.05) is 19.8 Å². The van der Waals surface area contributed by atoms with E-state index in [-0.39, 0.29) is 12.5 Å². The van der Waals surface area contributed by atoms with E-state index in [9.17, 15) is 13.2 Å². The third-order valence-electron chi connectivity index (χ3n) is 3.90. The molecule has 1 aliphatic rings. The van der Waals surface area contributed by atoms with Crippen molar-refractivity contribution in [2.24, 2.45) is 5.92 Å². The summed E-state index contributed by atoms with van der Waals surface area (Å²) in [6.07, 6.45) is 0.506. The van der Waals surface area contributed by atoms with Crippen LogP contribution in [0.3, 0.4) is 0 Å². The quantitative estimate of drug-likeness (QED) is 0.878. The van der Waals surface area contributed by atoms with Gasteiger partial charge in [-0.25, -0.2) is 0 Å². The highest BCUT2D eigenvalue weighted by molar-refractivity contribution is 5.05. The van der Waals surface area contributed by atoms with Crippen LogP contribution in [0.4, 0.5) is 13.2 Å². The second-order valence-electron chi connectivity index (χ2n) is 5.18. The van der Waals surface area contributed by atoms with E-state index in [0.717, 1.165) is 6.42 Å². The van der Waals surface area contributed by atoms with Crippen molar-refractivity contribution in [1.29, 1.82) is 0 Å². The number of rotatable bonds is 4. The number of hydrogen-bond donors (Lipinski definition) is 1. The Morgan fingerprint density at radius 3 is 2.68 bits per heavy atom. The molecule has 0 aliphatic heterocycles. The molecule has 0 radical (unpaired) electrons. The first-order valence-electron chi connectivity index (χ1n) is 6.88. The first kappa shape index (κ1) is 14.4. The van der Waals surface area contributed by atoms with Crippen molar-refractivity contribution < 1.29 is 17.6 Å². The first-order chi connectivity index (χ1) is 9.02. The summed E-state index contributed by atoms with van der Waals surface area (Å²) in [7, 11) is 0. The minimum Gasteiger partial charge on any atom is -0.468 e. The average Bonchev–Trinajstić information content (AvgIpc) is 2.89. The lowest BCUT2D eigenvalue weighted by Crippen LogP contribution is -2.46. The molecule has 108 valence electrons. The molecule has 1 N–H and O–H groups in total. The van der Waals surface area contributed by atoms with Crippen LogP contribution >= 0.6 is 0 Å². The van der Waals surface area contributed by atoms with Gasteiger partial charge in [0.2, 0.25) is 0 Å². The fraction of sp³-hybridized carbons (Fsp3) is 0.714. The van der Waals surface area contributed by atoms with E-state index < -0.39 is 18.1 Å². The molecule has 0 spiro atoms. The van der Waals surface area contributed by atoms with Crippen molar-refractivity contribution in [2.75, 3.05) is 0 Å². The van der Waals surface area contributed by atoms with E-state index in [4.69, 9.17) is 4.42 Å². The zero-order chi connectivity index (χ0) is 13.9. The zero-order valence-corrected chi connectivity index (χ0v) is 11.0. The summed E-state index contributed by atoms with van der Waals surface area (Å²) < 4.78 is 44.4. The lowest BCUT2D eigenvalue weighted by molar-refractivity contribution is -0.189. The molecule has 2 rings (SSSR count). The standard InChI is InChI=1S/C14H20F3NO/c1-2-11(13-8-5-9-19-13)18-12-7-4-3-6-10(12)14(15,16)17/h5,8-12,18H,2-4,6-7H2,1H3. The minimum absolute atomic E-state index is 0.136. The van der Waals surface area contributed by atoms with Crippen LogP contribution < -0.4 is 5.32 Å². The summed E-state index contributed by atoms with van der Waals surface area (Å²) in [4.78, 5) is 0. The molecule has 0 bridgehead atoms. The fourth-order valence-corrected chi connectivity index (χ4v) is 2.87. The maximum Gasteiger partial charge on any atom is 0.393 e. The molecular formula is C14H20F3NO. The van der Waals surface area contributed by atoms with Gasteiger partial charge in [0.05, 0.1) is 18.2 Å². The number of alkyl halides is 3. The Labute approximate surface area is 111 Å². The van der Waals surface area contributed by atoms with Gasteiger partial charge >= 0.3 is 6.18 Å². The lowest BCUT2D eigenvalue weighted by atomic mass is 9.83. The molecule has 1 aliphatic carbocycles. The van der Waals surface area contributed by atoms with Crippen molar-refractivity contribution in [2.45, 2.75) is 57.3 Å². The molecule has 1 fully saturated rings. The van der Waals surface area contributed by atoms with Gasteiger partial charge in [0.15, 0.2) is 0 Å². The maximum atomic E-state index is 13.0. The van der Waals surface area contributed by atoms with Gasteiger partial charge in [0.1, 0.15) is 5.76 Å². The van der Waals surface area contributed by atoms with Crippen LogP contribution in [0.5, 0.6) is 0 Å². The fourth-order valence-electron chi connectivity index (χ4n) is 2.87. The van der Waals surface area contributed by atoms with Crippen molar-refractivity contribution in [3.05, 3.63) is 24.2 Å². The van der Waals surface area contributed by atoms with Crippen LogP contribution in [-0.4, -0.2) is 12.2 Å². The summed E-state index contributed by atoms with van der Waals surface area (Å²) in [5.74, 6) is -0.515. The van der Waals surface area contributed by atoms with Crippen LogP contribution in [0, 0.1) is 5.92 Å². The third kappa shape index (κ3) is 3.53. The lowest BCUT2D eigenvalue weighted by Gasteiger charge is -2.35. The van der Waals surface area contributed by atoms with Crippen LogP contribution in [0.25, 0.3) is 0 Å². The minimum atomic E-state index is -4.11. The topological polar surface area (TPSA) is 25.2 Å². The molecule has 1 aromatic rings. The molecule has 19 heavy (non-hydrogen) atoms. The number of halogens is 3. The van der Waals surface area contributed by atoms with Crippen LogP contribution in [0.2, 0.25) is 0 Å². The molecule has 5 heteroatoms. The van der Waals surface area contributed by atoms with Gasteiger partial charge in [-0.3, -0.25) is 0 Å². The molecule has 3 atom stereocenters. The van der Waals surface area contributed by atoms with Crippen molar-refractivity contribution in [3.63, 3.8) is 0 Å². The Bertz CT molecular complexity index is 375. The summed E-state index contributed by atoms with van der Waals surface area (Å²) >= 11 is 0. The third-order valence-corrected chi connectivity index (χ3v) is 3.90. The van der Waals surface area contributed by atoms with Crippen molar-refractivity contribution >= 4 is 0 Å².